The average Bonchev–Trinajstić information content (AvgIpc) is 2.61. The minimum Gasteiger partial charge on any atom is -0.378 e. The molecule has 1 aliphatic rings. The van der Waals surface area contributed by atoms with Gasteiger partial charge in [-0.1, -0.05) is 20.8 Å². The maximum absolute atomic E-state index is 12.8. The minimum atomic E-state index is -0.978. The fourth-order valence-corrected chi connectivity index (χ4v) is 3.24. The highest BCUT2D eigenvalue weighted by molar-refractivity contribution is 6.00. The molecule has 2 atom stereocenters. The van der Waals surface area contributed by atoms with Crippen molar-refractivity contribution in [3.8, 4) is 0 Å². The third kappa shape index (κ3) is 4.67. The van der Waals surface area contributed by atoms with Crippen LogP contribution in [0.15, 0.2) is 24.3 Å². The van der Waals surface area contributed by atoms with Gasteiger partial charge in [-0.2, -0.15) is 0 Å². The molecule has 158 valence electrons. The summed E-state index contributed by atoms with van der Waals surface area (Å²) in [6.07, 6.45) is 1.31. The van der Waals surface area contributed by atoms with E-state index in [1.807, 2.05) is 41.5 Å². The number of nitrogens with two attached hydrogens (primary N) is 1. The van der Waals surface area contributed by atoms with E-state index in [2.05, 4.69) is 10.6 Å². The first-order valence-corrected chi connectivity index (χ1v) is 9.61. The van der Waals surface area contributed by atoms with Crippen molar-refractivity contribution >= 4 is 29.9 Å². The Kier molecular flexibility index (Phi) is 7.67. The SMILES string of the molecule is CCOC1CC(N)(C(=O)Nc2ccc(C(=O)NC(C)(C)CC)cc2)C1(C)C.Cl. The number of hydrogen-bond donors (Lipinski definition) is 3. The molecule has 1 fully saturated rings. The predicted molar refractivity (Wildman–Crippen MR) is 115 cm³/mol. The third-order valence-corrected chi connectivity index (χ3v) is 5.98. The highest BCUT2D eigenvalue weighted by atomic mass is 35.5. The predicted octanol–water partition coefficient (Wildman–Crippen LogP) is 3.50. The van der Waals surface area contributed by atoms with Crippen LogP contribution in [0.25, 0.3) is 0 Å². The summed E-state index contributed by atoms with van der Waals surface area (Å²) in [5.41, 5.74) is 5.88. The summed E-state index contributed by atoms with van der Waals surface area (Å²) in [4.78, 5) is 25.1. The van der Waals surface area contributed by atoms with E-state index in [4.69, 9.17) is 10.5 Å². The van der Waals surface area contributed by atoms with Gasteiger partial charge in [-0.25, -0.2) is 0 Å². The fraction of sp³-hybridized carbons (Fsp3) is 0.619. The lowest BCUT2D eigenvalue weighted by Crippen LogP contribution is -2.74. The second-order valence-corrected chi connectivity index (χ2v) is 8.56. The molecule has 0 saturated heterocycles. The molecule has 1 aromatic rings. The molecule has 1 aliphatic carbocycles. The summed E-state index contributed by atoms with van der Waals surface area (Å²) in [6.45, 7) is 12.4. The van der Waals surface area contributed by atoms with Gasteiger partial charge in [0.05, 0.1) is 6.10 Å². The largest absolute Gasteiger partial charge is 0.378 e. The van der Waals surface area contributed by atoms with Crippen LogP contribution < -0.4 is 16.4 Å². The molecule has 0 bridgehead atoms. The number of hydrogen-bond acceptors (Lipinski definition) is 4. The monoisotopic (exact) mass is 411 g/mol. The maximum atomic E-state index is 12.8. The van der Waals surface area contributed by atoms with Crippen LogP contribution in [0.1, 0.15) is 64.7 Å². The summed E-state index contributed by atoms with van der Waals surface area (Å²) in [5, 5.41) is 5.87. The summed E-state index contributed by atoms with van der Waals surface area (Å²) >= 11 is 0. The Bertz CT molecular complexity index is 703. The van der Waals surface area contributed by atoms with Gasteiger partial charge in [0.15, 0.2) is 0 Å². The second-order valence-electron chi connectivity index (χ2n) is 8.56. The number of rotatable bonds is 7. The van der Waals surface area contributed by atoms with E-state index in [0.29, 0.717) is 24.3 Å². The minimum absolute atomic E-state index is 0. The van der Waals surface area contributed by atoms with Gasteiger partial charge < -0.3 is 21.1 Å². The number of amides is 2. The zero-order chi connectivity index (χ0) is 20.5. The molecule has 0 aromatic heterocycles. The van der Waals surface area contributed by atoms with Crippen LogP contribution in [0.5, 0.6) is 0 Å². The van der Waals surface area contributed by atoms with Crippen molar-refractivity contribution in [2.24, 2.45) is 11.1 Å². The molecule has 0 spiro atoms. The second kappa shape index (κ2) is 8.80. The number of anilines is 1. The molecule has 2 unspecified atom stereocenters. The summed E-state index contributed by atoms with van der Waals surface area (Å²) in [6, 6.07) is 6.85. The van der Waals surface area contributed by atoms with Crippen LogP contribution in [0, 0.1) is 5.41 Å². The average molecular weight is 412 g/mol. The van der Waals surface area contributed by atoms with Gasteiger partial charge in [0.25, 0.3) is 5.91 Å². The molecular weight excluding hydrogens is 378 g/mol. The Balaban J connectivity index is 0.00000392. The Morgan fingerprint density at radius 1 is 1.21 bits per heavy atom. The molecule has 4 N–H and O–H groups in total. The highest BCUT2D eigenvalue weighted by Gasteiger charge is 2.62. The van der Waals surface area contributed by atoms with Gasteiger partial charge in [-0.15, -0.1) is 12.4 Å². The first-order chi connectivity index (χ1) is 12.5. The molecule has 2 rings (SSSR count). The number of carbonyl (C=O) groups is 2. The summed E-state index contributed by atoms with van der Waals surface area (Å²) in [7, 11) is 0. The summed E-state index contributed by atoms with van der Waals surface area (Å²) in [5.74, 6) is -0.359. The molecule has 0 aliphatic heterocycles. The van der Waals surface area contributed by atoms with Gasteiger partial charge in [0, 0.05) is 35.2 Å². The van der Waals surface area contributed by atoms with Crippen LogP contribution >= 0.6 is 12.4 Å². The number of carbonyl (C=O) groups excluding carboxylic acids is 2. The van der Waals surface area contributed by atoms with Gasteiger partial charge in [0.2, 0.25) is 5.91 Å². The standard InChI is InChI=1S/C21H33N3O3.ClH/c1-7-19(3,4)24-17(25)14-9-11-15(12-10-14)23-18(26)21(22)13-16(27-8-2)20(21,5)6;/h9-12,16H,7-8,13,22H2,1-6H3,(H,23,26)(H,24,25);1H. The Morgan fingerprint density at radius 2 is 1.79 bits per heavy atom. The normalized spacial score (nSPS) is 23.2. The smallest absolute Gasteiger partial charge is 0.251 e. The zero-order valence-electron chi connectivity index (χ0n) is 17.7. The molecule has 6 nitrogen and oxygen atoms in total. The topological polar surface area (TPSA) is 93.4 Å². The Morgan fingerprint density at radius 3 is 2.25 bits per heavy atom. The number of ether oxygens (including phenoxy) is 1. The maximum Gasteiger partial charge on any atom is 0.251 e. The zero-order valence-corrected chi connectivity index (χ0v) is 18.5. The van der Waals surface area contributed by atoms with E-state index < -0.39 is 11.0 Å². The number of nitrogens with one attached hydrogen (secondary N) is 2. The Labute approximate surface area is 174 Å². The molecule has 1 saturated carbocycles. The lowest BCUT2D eigenvalue weighted by Gasteiger charge is -2.57. The quantitative estimate of drug-likeness (QED) is 0.640. The fourth-order valence-electron chi connectivity index (χ4n) is 3.24. The van der Waals surface area contributed by atoms with Crippen molar-refractivity contribution in [2.75, 3.05) is 11.9 Å². The van der Waals surface area contributed by atoms with Crippen molar-refractivity contribution in [2.45, 2.75) is 71.6 Å². The molecule has 7 heteroatoms. The number of benzene rings is 1. The molecule has 1 aromatic carbocycles. The van der Waals surface area contributed by atoms with E-state index in [-0.39, 0.29) is 35.9 Å². The summed E-state index contributed by atoms with van der Waals surface area (Å²) < 4.78 is 5.68. The van der Waals surface area contributed by atoms with Gasteiger partial charge in [0.1, 0.15) is 5.54 Å². The van der Waals surface area contributed by atoms with Crippen molar-refractivity contribution in [1.82, 2.24) is 5.32 Å². The van der Waals surface area contributed by atoms with Crippen molar-refractivity contribution < 1.29 is 14.3 Å². The van der Waals surface area contributed by atoms with Gasteiger partial charge in [-0.05, 0) is 51.5 Å². The lowest BCUT2D eigenvalue weighted by atomic mass is 9.54. The van der Waals surface area contributed by atoms with E-state index in [0.717, 1.165) is 6.42 Å². The van der Waals surface area contributed by atoms with Crippen molar-refractivity contribution in [3.05, 3.63) is 29.8 Å². The first kappa shape index (κ1) is 24.4. The van der Waals surface area contributed by atoms with Gasteiger partial charge >= 0.3 is 0 Å². The molecule has 2 amide bonds. The van der Waals surface area contributed by atoms with E-state index in [1.165, 1.54) is 0 Å². The van der Waals surface area contributed by atoms with Crippen LogP contribution in [-0.2, 0) is 9.53 Å². The van der Waals surface area contributed by atoms with Crippen molar-refractivity contribution in [3.63, 3.8) is 0 Å². The molecule has 28 heavy (non-hydrogen) atoms. The van der Waals surface area contributed by atoms with Crippen molar-refractivity contribution in [1.29, 1.82) is 0 Å². The first-order valence-electron chi connectivity index (χ1n) is 9.61. The van der Waals surface area contributed by atoms with E-state index in [1.54, 1.807) is 24.3 Å². The Hall–Kier alpha value is -1.63. The third-order valence-electron chi connectivity index (χ3n) is 5.98. The van der Waals surface area contributed by atoms with Crippen LogP contribution in [0.3, 0.4) is 0 Å². The van der Waals surface area contributed by atoms with Crippen LogP contribution in [0.4, 0.5) is 5.69 Å². The van der Waals surface area contributed by atoms with Crippen LogP contribution in [-0.4, -0.2) is 35.6 Å². The van der Waals surface area contributed by atoms with Crippen LogP contribution in [0.2, 0.25) is 0 Å². The van der Waals surface area contributed by atoms with E-state index >= 15 is 0 Å². The molecule has 0 heterocycles. The number of halogens is 1. The van der Waals surface area contributed by atoms with E-state index in [9.17, 15) is 9.59 Å². The van der Waals surface area contributed by atoms with Gasteiger partial charge in [-0.3, -0.25) is 9.59 Å². The molecule has 0 radical (unpaired) electrons. The highest BCUT2D eigenvalue weighted by Crippen LogP contribution is 2.50. The lowest BCUT2D eigenvalue weighted by molar-refractivity contribution is -0.166. The molecular formula is C21H34ClN3O3.